The molecular formula is C26H32N6O4. The molecule has 4 atom stereocenters. The van der Waals surface area contributed by atoms with Crippen LogP contribution in [0.5, 0.6) is 0 Å². The molecule has 0 saturated carbocycles. The molecule has 3 heterocycles. The van der Waals surface area contributed by atoms with Gasteiger partial charge in [0.25, 0.3) is 0 Å². The van der Waals surface area contributed by atoms with Gasteiger partial charge in [-0.1, -0.05) is 24.3 Å². The summed E-state index contributed by atoms with van der Waals surface area (Å²) in [6.07, 6.45) is 1.31. The van der Waals surface area contributed by atoms with Gasteiger partial charge in [-0.05, 0) is 45.6 Å². The summed E-state index contributed by atoms with van der Waals surface area (Å²) in [6.45, 7) is 14.0. The lowest BCUT2D eigenvalue weighted by Crippen LogP contribution is -2.58. The molecule has 0 spiro atoms. The summed E-state index contributed by atoms with van der Waals surface area (Å²) in [5.41, 5.74) is 0.798. The number of rotatable bonds is 6. The lowest BCUT2D eigenvalue weighted by Gasteiger charge is -2.36. The van der Waals surface area contributed by atoms with Crippen LogP contribution < -0.4 is 5.32 Å². The van der Waals surface area contributed by atoms with E-state index in [-0.39, 0.29) is 30.4 Å². The van der Waals surface area contributed by atoms with E-state index in [0.717, 1.165) is 12.0 Å². The molecule has 190 valence electrons. The first kappa shape index (κ1) is 25.5. The van der Waals surface area contributed by atoms with Crippen LogP contribution in [0.1, 0.15) is 45.6 Å². The van der Waals surface area contributed by atoms with Crippen molar-refractivity contribution in [3.63, 3.8) is 0 Å². The summed E-state index contributed by atoms with van der Waals surface area (Å²) in [7, 11) is 0. The molecule has 3 aliphatic rings. The molecule has 3 aliphatic heterocycles. The molecule has 36 heavy (non-hydrogen) atoms. The third kappa shape index (κ3) is 5.44. The highest BCUT2D eigenvalue weighted by molar-refractivity contribution is 5.88. The van der Waals surface area contributed by atoms with Crippen LogP contribution in [0.4, 0.5) is 10.5 Å². The quantitative estimate of drug-likeness (QED) is 0.611. The van der Waals surface area contributed by atoms with Crippen molar-refractivity contribution in [2.24, 2.45) is 0 Å². The molecule has 1 aromatic carbocycles. The molecule has 0 unspecified atom stereocenters. The smallest absolute Gasteiger partial charge is 0.408 e. The van der Waals surface area contributed by atoms with Crippen LogP contribution in [0.25, 0.3) is 4.85 Å². The zero-order valence-corrected chi connectivity index (χ0v) is 20.9. The Labute approximate surface area is 211 Å². The van der Waals surface area contributed by atoms with Gasteiger partial charge in [0.15, 0.2) is 5.69 Å². The third-order valence-electron chi connectivity index (χ3n) is 6.90. The first-order valence-corrected chi connectivity index (χ1v) is 12.3. The van der Waals surface area contributed by atoms with E-state index in [0.29, 0.717) is 38.2 Å². The average Bonchev–Trinajstić information content (AvgIpc) is 3.53. The van der Waals surface area contributed by atoms with Crippen molar-refractivity contribution >= 4 is 23.6 Å². The first-order chi connectivity index (χ1) is 17.1. The Morgan fingerprint density at radius 2 is 2.03 bits per heavy atom. The number of nitrogens with one attached hydrogen (secondary N) is 1. The zero-order chi connectivity index (χ0) is 26.0. The van der Waals surface area contributed by atoms with Crippen LogP contribution in [0.15, 0.2) is 24.3 Å². The van der Waals surface area contributed by atoms with Gasteiger partial charge < -0.3 is 19.9 Å². The minimum absolute atomic E-state index is 0.0000430. The second-order valence-electron chi connectivity index (χ2n) is 10.6. The number of amides is 3. The Morgan fingerprint density at radius 3 is 2.64 bits per heavy atom. The lowest BCUT2D eigenvalue weighted by molar-refractivity contribution is -0.140. The van der Waals surface area contributed by atoms with Crippen molar-refractivity contribution in [2.45, 2.75) is 76.3 Å². The summed E-state index contributed by atoms with van der Waals surface area (Å²) in [5.74, 6) is -0.322. The molecular weight excluding hydrogens is 460 g/mol. The van der Waals surface area contributed by atoms with Gasteiger partial charge in [-0.3, -0.25) is 14.5 Å². The van der Waals surface area contributed by atoms with E-state index in [1.807, 2.05) is 21.9 Å². The second-order valence-corrected chi connectivity index (χ2v) is 10.6. The summed E-state index contributed by atoms with van der Waals surface area (Å²) < 4.78 is 5.38. The first-order valence-electron chi connectivity index (χ1n) is 12.3. The van der Waals surface area contributed by atoms with Crippen LogP contribution in [-0.2, 0) is 20.9 Å². The van der Waals surface area contributed by atoms with Gasteiger partial charge in [0.05, 0.1) is 18.7 Å². The van der Waals surface area contributed by atoms with Crippen molar-refractivity contribution in [3.8, 4) is 6.07 Å². The number of likely N-dealkylation sites (tertiary alicyclic amines) is 3. The van der Waals surface area contributed by atoms with Crippen LogP contribution >= 0.6 is 0 Å². The molecule has 1 N–H and O–H groups in total. The number of fused-ring (bicyclic) bond motifs is 2. The molecule has 3 saturated heterocycles. The largest absolute Gasteiger partial charge is 0.444 e. The summed E-state index contributed by atoms with van der Waals surface area (Å²) in [4.78, 5) is 47.9. The number of hydrogen-bond donors (Lipinski definition) is 1. The Bertz CT molecular complexity index is 1100. The number of piperazine rings is 1. The number of carbonyl (C=O) groups is 3. The fourth-order valence-electron chi connectivity index (χ4n) is 5.25. The van der Waals surface area contributed by atoms with Gasteiger partial charge in [0, 0.05) is 32.2 Å². The molecule has 3 fully saturated rings. The number of carbonyl (C=O) groups excluding carboxylic acids is 3. The van der Waals surface area contributed by atoms with Crippen molar-refractivity contribution in [1.29, 1.82) is 5.26 Å². The predicted molar refractivity (Wildman–Crippen MR) is 131 cm³/mol. The number of benzene rings is 1. The average molecular weight is 493 g/mol. The second kappa shape index (κ2) is 10.2. The molecule has 4 rings (SSSR count). The van der Waals surface area contributed by atoms with Crippen LogP contribution in [-0.4, -0.2) is 82.0 Å². The zero-order valence-electron chi connectivity index (χ0n) is 20.9. The molecule has 0 aromatic heterocycles. The molecule has 10 heteroatoms. The molecule has 1 aromatic rings. The van der Waals surface area contributed by atoms with Gasteiger partial charge in [-0.25, -0.2) is 9.64 Å². The number of nitriles is 1. The number of alkyl carbamates (subject to hydrolysis) is 1. The fraction of sp³-hybridized carbons (Fsp3) is 0.577. The normalized spacial score (nSPS) is 24.4. The molecule has 0 radical (unpaired) electrons. The standard InChI is InChI=1S/C26H32N6O4/c1-26(2,3)36-25(35)29-21(23(33)31-11-5-6-19(31)13-27)16-30-15-20-12-22(30)24(34)32(20)14-17-7-9-18(28-4)10-8-17/h7-10,19-22H,5-6,11-12,14-16H2,1-3H3,(H,29,35)/t19-,20-,21-,22-/m0/s1. The third-order valence-corrected chi connectivity index (χ3v) is 6.90. The van der Waals surface area contributed by atoms with E-state index in [4.69, 9.17) is 11.3 Å². The predicted octanol–water partition coefficient (Wildman–Crippen LogP) is 2.43. The van der Waals surface area contributed by atoms with Crippen LogP contribution in [0, 0.1) is 17.9 Å². The Morgan fingerprint density at radius 1 is 1.31 bits per heavy atom. The Kier molecular flexibility index (Phi) is 7.18. The van der Waals surface area contributed by atoms with E-state index in [1.165, 1.54) is 4.90 Å². The SMILES string of the molecule is [C-]#[N+]c1ccc(CN2C(=O)[C@@H]3C[C@H]2CN3C[C@H](NC(=O)OC(C)(C)C)C(=O)N2CCC[C@H]2C#N)cc1. The molecule has 2 bridgehead atoms. The highest BCUT2D eigenvalue weighted by atomic mass is 16.6. The molecule has 3 amide bonds. The van der Waals surface area contributed by atoms with Crippen LogP contribution in [0.2, 0.25) is 0 Å². The van der Waals surface area contributed by atoms with E-state index in [1.54, 1.807) is 32.9 Å². The van der Waals surface area contributed by atoms with E-state index in [2.05, 4.69) is 16.2 Å². The number of hydrogen-bond acceptors (Lipinski definition) is 6. The lowest BCUT2D eigenvalue weighted by atomic mass is 10.1. The van der Waals surface area contributed by atoms with Gasteiger partial charge in [0.2, 0.25) is 11.8 Å². The highest BCUT2D eigenvalue weighted by Gasteiger charge is 2.50. The van der Waals surface area contributed by atoms with Crippen LogP contribution in [0.3, 0.4) is 0 Å². The van der Waals surface area contributed by atoms with Crippen molar-refractivity contribution in [3.05, 3.63) is 41.2 Å². The number of nitrogens with zero attached hydrogens (tertiary/aromatic N) is 5. The van der Waals surface area contributed by atoms with Gasteiger partial charge in [-0.15, -0.1) is 0 Å². The van der Waals surface area contributed by atoms with Gasteiger partial charge in [-0.2, -0.15) is 5.26 Å². The monoisotopic (exact) mass is 492 g/mol. The number of ether oxygens (including phenoxy) is 1. The molecule has 10 nitrogen and oxygen atoms in total. The van der Waals surface area contributed by atoms with Crippen molar-refractivity contribution in [1.82, 2.24) is 20.0 Å². The highest BCUT2D eigenvalue weighted by Crippen LogP contribution is 2.33. The van der Waals surface area contributed by atoms with E-state index >= 15 is 0 Å². The molecule has 0 aliphatic carbocycles. The Balaban J connectivity index is 1.44. The Hall–Kier alpha value is -3.63. The fourth-order valence-corrected chi connectivity index (χ4v) is 5.25. The van der Waals surface area contributed by atoms with Gasteiger partial charge in [0.1, 0.15) is 17.7 Å². The minimum Gasteiger partial charge on any atom is -0.444 e. The van der Waals surface area contributed by atoms with Crippen molar-refractivity contribution < 1.29 is 19.1 Å². The maximum absolute atomic E-state index is 13.4. The topological polar surface area (TPSA) is 110 Å². The van der Waals surface area contributed by atoms with Gasteiger partial charge >= 0.3 is 6.09 Å². The maximum Gasteiger partial charge on any atom is 0.408 e. The summed E-state index contributed by atoms with van der Waals surface area (Å²) in [5, 5.41) is 12.2. The minimum atomic E-state index is -0.921. The summed E-state index contributed by atoms with van der Waals surface area (Å²) in [6, 6.07) is 7.62. The maximum atomic E-state index is 13.4. The van der Waals surface area contributed by atoms with Crippen molar-refractivity contribution in [2.75, 3.05) is 19.6 Å². The van der Waals surface area contributed by atoms with E-state index in [9.17, 15) is 19.6 Å². The summed E-state index contributed by atoms with van der Waals surface area (Å²) >= 11 is 0. The van der Waals surface area contributed by atoms with E-state index < -0.39 is 23.8 Å².